The molecule has 3 nitrogen and oxygen atoms in total. The Morgan fingerprint density at radius 1 is 0.357 bits per heavy atom. The van der Waals surface area contributed by atoms with Gasteiger partial charge in [0.1, 0.15) is 11.2 Å². The van der Waals surface area contributed by atoms with Crippen molar-refractivity contribution in [2.75, 3.05) is 0 Å². The second-order valence-corrected chi connectivity index (χ2v) is 14.5. The van der Waals surface area contributed by atoms with Crippen LogP contribution in [0.15, 0.2) is 211 Å². The summed E-state index contributed by atoms with van der Waals surface area (Å²) in [6.07, 6.45) is 0. The summed E-state index contributed by atoms with van der Waals surface area (Å²) in [4.78, 5) is 10.5. The van der Waals surface area contributed by atoms with Gasteiger partial charge in [-0.3, -0.25) is 0 Å². The molecule has 0 saturated carbocycles. The molecule has 0 N–H and O–H groups in total. The summed E-state index contributed by atoms with van der Waals surface area (Å²) in [5.74, 6) is 0.683. The Hall–Kier alpha value is -7.36. The predicted molar refractivity (Wildman–Crippen MR) is 228 cm³/mol. The highest BCUT2D eigenvalue weighted by molar-refractivity contribution is 6.09. The molecule has 0 unspecified atom stereocenters. The van der Waals surface area contributed by atoms with Gasteiger partial charge in [0, 0.05) is 33.0 Å². The van der Waals surface area contributed by atoms with E-state index in [1.54, 1.807) is 0 Å². The number of nitrogens with zero attached hydrogens (tertiary/aromatic N) is 2. The minimum atomic E-state index is -0.505. The predicted octanol–water partition coefficient (Wildman–Crippen LogP) is 13.4. The maximum absolute atomic E-state index is 6.45. The van der Waals surface area contributed by atoms with Gasteiger partial charge in [-0.2, -0.15) is 0 Å². The van der Waals surface area contributed by atoms with Crippen LogP contribution in [0.5, 0.6) is 0 Å². The first kappa shape index (κ1) is 32.1. The molecular formula is C53H34N2O. The van der Waals surface area contributed by atoms with Crippen molar-refractivity contribution in [1.82, 2.24) is 9.97 Å². The van der Waals surface area contributed by atoms with Gasteiger partial charge in [-0.15, -0.1) is 0 Å². The monoisotopic (exact) mass is 714 g/mol. The van der Waals surface area contributed by atoms with Crippen molar-refractivity contribution in [2.24, 2.45) is 0 Å². The number of hydrogen-bond acceptors (Lipinski definition) is 3. The largest absolute Gasteiger partial charge is 0.455 e. The minimum absolute atomic E-state index is 0.505. The number of aromatic nitrogens is 2. The van der Waals surface area contributed by atoms with Crippen LogP contribution in [0.2, 0.25) is 0 Å². The molecule has 0 atom stereocenters. The summed E-state index contributed by atoms with van der Waals surface area (Å²) in [5, 5.41) is 2.23. The average molecular weight is 715 g/mol. The van der Waals surface area contributed by atoms with Gasteiger partial charge in [-0.1, -0.05) is 182 Å². The van der Waals surface area contributed by atoms with Crippen LogP contribution in [0.3, 0.4) is 0 Å². The van der Waals surface area contributed by atoms with E-state index in [1.165, 1.54) is 33.4 Å². The van der Waals surface area contributed by atoms with Crippen LogP contribution >= 0.6 is 0 Å². The van der Waals surface area contributed by atoms with Crippen LogP contribution in [0, 0.1) is 0 Å². The van der Waals surface area contributed by atoms with Crippen LogP contribution in [0.25, 0.3) is 78.1 Å². The maximum atomic E-state index is 6.45. The molecule has 1 aliphatic rings. The van der Waals surface area contributed by atoms with Crippen molar-refractivity contribution >= 4 is 21.9 Å². The SMILES string of the molecule is c1ccc(-c2nc(-c3cccc(-c4cccc5c4oc4ccccc45)c3)cc(-c3cccc(C4(c5ccccc5)c5ccccc5-c5ccccc54)c3)n2)cc1. The second-order valence-electron chi connectivity index (χ2n) is 14.5. The molecule has 0 fully saturated rings. The quantitative estimate of drug-likeness (QED) is 0.172. The number of rotatable bonds is 6. The highest BCUT2D eigenvalue weighted by Crippen LogP contribution is 2.56. The van der Waals surface area contributed by atoms with Crippen LogP contribution in [0.1, 0.15) is 22.3 Å². The Morgan fingerprint density at radius 3 is 1.62 bits per heavy atom. The van der Waals surface area contributed by atoms with E-state index in [9.17, 15) is 0 Å². The molecule has 0 radical (unpaired) electrons. The summed E-state index contributed by atoms with van der Waals surface area (Å²) < 4.78 is 6.45. The van der Waals surface area contributed by atoms with E-state index in [2.05, 4.69) is 176 Å². The molecule has 56 heavy (non-hydrogen) atoms. The molecule has 2 aromatic heterocycles. The van der Waals surface area contributed by atoms with Crippen LogP contribution < -0.4 is 0 Å². The highest BCUT2D eigenvalue weighted by atomic mass is 16.3. The van der Waals surface area contributed by atoms with E-state index in [0.717, 1.165) is 61.1 Å². The van der Waals surface area contributed by atoms with Gasteiger partial charge >= 0.3 is 0 Å². The fourth-order valence-corrected chi connectivity index (χ4v) is 8.90. The second kappa shape index (κ2) is 12.9. The Morgan fingerprint density at radius 2 is 0.875 bits per heavy atom. The van der Waals surface area contributed by atoms with Gasteiger partial charge in [-0.05, 0) is 63.2 Å². The zero-order valence-corrected chi connectivity index (χ0v) is 30.4. The lowest BCUT2D eigenvalue weighted by Crippen LogP contribution is -2.28. The van der Waals surface area contributed by atoms with E-state index >= 15 is 0 Å². The number of furan rings is 1. The molecule has 10 aromatic rings. The van der Waals surface area contributed by atoms with Crippen molar-refractivity contribution in [1.29, 1.82) is 0 Å². The third-order valence-electron chi connectivity index (χ3n) is 11.4. The lowest BCUT2D eigenvalue weighted by molar-refractivity contribution is 0.670. The average Bonchev–Trinajstić information content (AvgIpc) is 3.81. The van der Waals surface area contributed by atoms with E-state index in [1.807, 2.05) is 30.3 Å². The lowest BCUT2D eigenvalue weighted by atomic mass is 9.67. The molecular weight excluding hydrogens is 681 g/mol. The smallest absolute Gasteiger partial charge is 0.160 e. The molecule has 262 valence electrons. The summed E-state index contributed by atoms with van der Waals surface area (Å²) >= 11 is 0. The zero-order valence-electron chi connectivity index (χ0n) is 30.4. The lowest BCUT2D eigenvalue weighted by Gasteiger charge is -2.34. The summed E-state index contributed by atoms with van der Waals surface area (Å²) in [7, 11) is 0. The number of fused-ring (bicyclic) bond motifs is 6. The van der Waals surface area contributed by atoms with E-state index in [0.29, 0.717) is 5.82 Å². The van der Waals surface area contributed by atoms with Crippen LogP contribution in [-0.2, 0) is 5.41 Å². The number of hydrogen-bond donors (Lipinski definition) is 0. The topological polar surface area (TPSA) is 38.9 Å². The summed E-state index contributed by atoms with van der Waals surface area (Å²) in [6, 6.07) is 73.2. The molecule has 0 spiro atoms. The first-order valence-electron chi connectivity index (χ1n) is 19.1. The van der Waals surface area contributed by atoms with Gasteiger partial charge in [0.2, 0.25) is 0 Å². The molecule has 1 aliphatic carbocycles. The van der Waals surface area contributed by atoms with Crippen molar-refractivity contribution < 1.29 is 4.42 Å². The third kappa shape index (κ3) is 4.98. The standard InChI is InChI=1S/C53H34N2O/c1-3-16-35(17-4-1)52-54-48(37-19-13-18-36(32-37)41-27-15-28-45-44-26-9-12-31-50(44)56-51(41)45)34-49(55-52)38-20-14-23-40(33-38)53(39-21-5-2-6-22-39)46-29-10-7-24-42(46)43-25-8-11-30-47(43)53/h1-34H. The molecule has 11 rings (SSSR count). The molecule has 0 saturated heterocycles. The van der Waals surface area contributed by atoms with Crippen molar-refractivity contribution in [2.45, 2.75) is 5.41 Å². The number of benzene rings is 8. The molecule has 0 aliphatic heterocycles. The van der Waals surface area contributed by atoms with Gasteiger partial charge in [0.15, 0.2) is 5.82 Å². The molecule has 0 bridgehead atoms. The minimum Gasteiger partial charge on any atom is -0.455 e. The normalized spacial score (nSPS) is 12.8. The first-order chi connectivity index (χ1) is 27.8. The Kier molecular flexibility index (Phi) is 7.39. The molecule has 2 heterocycles. The van der Waals surface area contributed by atoms with Crippen LogP contribution in [0.4, 0.5) is 0 Å². The molecule has 3 heteroatoms. The van der Waals surface area contributed by atoms with Gasteiger partial charge in [0.05, 0.1) is 16.8 Å². The zero-order chi connectivity index (χ0) is 37.1. The Balaban J connectivity index is 1.10. The molecule has 8 aromatic carbocycles. The van der Waals surface area contributed by atoms with E-state index < -0.39 is 5.41 Å². The van der Waals surface area contributed by atoms with Crippen molar-refractivity contribution in [3.63, 3.8) is 0 Å². The van der Waals surface area contributed by atoms with E-state index in [4.69, 9.17) is 14.4 Å². The maximum Gasteiger partial charge on any atom is 0.160 e. The van der Waals surface area contributed by atoms with Gasteiger partial charge in [0.25, 0.3) is 0 Å². The molecule has 0 amide bonds. The fraction of sp³-hybridized carbons (Fsp3) is 0.0189. The highest BCUT2D eigenvalue weighted by Gasteiger charge is 2.45. The Bertz CT molecular complexity index is 3040. The van der Waals surface area contributed by atoms with Crippen LogP contribution in [-0.4, -0.2) is 9.97 Å². The van der Waals surface area contributed by atoms with Crippen molar-refractivity contribution in [3.8, 4) is 56.2 Å². The number of para-hydroxylation sites is 2. The summed E-state index contributed by atoms with van der Waals surface area (Å²) in [5.41, 5.74) is 15.7. The third-order valence-corrected chi connectivity index (χ3v) is 11.4. The Labute approximate surface area is 325 Å². The van der Waals surface area contributed by atoms with Gasteiger partial charge < -0.3 is 4.42 Å². The van der Waals surface area contributed by atoms with Crippen molar-refractivity contribution in [3.05, 3.63) is 229 Å². The van der Waals surface area contributed by atoms with E-state index in [-0.39, 0.29) is 0 Å². The van der Waals surface area contributed by atoms with Gasteiger partial charge in [-0.25, -0.2) is 9.97 Å². The summed E-state index contributed by atoms with van der Waals surface area (Å²) in [6.45, 7) is 0. The first-order valence-corrected chi connectivity index (χ1v) is 19.1. The fourth-order valence-electron chi connectivity index (χ4n) is 8.90.